The molecule has 3 aromatic rings. The number of ether oxygens (including phenoxy) is 1. The number of para-hydroxylation sites is 1. The second-order valence-corrected chi connectivity index (χ2v) is 10.1. The first-order valence-corrected chi connectivity index (χ1v) is 12.7. The Labute approximate surface area is 201 Å². The molecule has 0 aromatic heterocycles. The summed E-state index contributed by atoms with van der Waals surface area (Å²) in [5.74, 6) is 0.377. The van der Waals surface area contributed by atoms with E-state index < -0.39 is 10.0 Å². The average molecular weight is 480 g/mol. The Balaban J connectivity index is 1.49. The third-order valence-electron chi connectivity index (χ3n) is 5.96. The number of methoxy groups -OCH3 is 1. The molecule has 0 aliphatic carbocycles. The second-order valence-electron chi connectivity index (χ2n) is 8.14. The summed E-state index contributed by atoms with van der Waals surface area (Å²) in [5, 5.41) is 0. The van der Waals surface area contributed by atoms with Gasteiger partial charge in [-0.3, -0.25) is 4.79 Å². The van der Waals surface area contributed by atoms with Gasteiger partial charge in [-0.05, 0) is 42.0 Å². The minimum atomic E-state index is -3.89. The number of hydrogen-bond donors (Lipinski definition) is 0. The first kappa shape index (κ1) is 23.8. The van der Waals surface area contributed by atoms with Gasteiger partial charge in [0, 0.05) is 38.4 Å². The number of carbonyl (C=O) groups excluding carboxylic acids is 1. The fourth-order valence-corrected chi connectivity index (χ4v) is 5.39. The maximum Gasteiger partial charge on any atom is 0.243 e. The number of sulfonamides is 1. The van der Waals surface area contributed by atoms with Crippen molar-refractivity contribution in [3.8, 4) is 5.75 Å². The third kappa shape index (κ3) is 5.58. The number of benzene rings is 3. The van der Waals surface area contributed by atoms with Crippen molar-refractivity contribution < 1.29 is 17.9 Å². The molecule has 0 saturated carbocycles. The van der Waals surface area contributed by atoms with Crippen molar-refractivity contribution in [2.75, 3.05) is 44.7 Å². The summed E-state index contributed by atoms with van der Waals surface area (Å²) in [4.78, 5) is 17.3. The van der Waals surface area contributed by atoms with Crippen LogP contribution in [0, 0.1) is 0 Å². The Kier molecular flexibility index (Phi) is 7.49. The quantitative estimate of drug-likeness (QED) is 0.496. The van der Waals surface area contributed by atoms with Crippen LogP contribution in [0.4, 0.5) is 5.69 Å². The maximum absolute atomic E-state index is 13.5. The minimum Gasteiger partial charge on any atom is -0.497 e. The van der Waals surface area contributed by atoms with E-state index in [4.69, 9.17) is 4.74 Å². The standard InChI is InChI=1S/C26H29N3O4S/c1-33-24-12-14-25(15-13-24)34(31,32)29(20-22-8-4-2-5-9-22)21-26(30)28-18-16-27(17-19-28)23-10-6-3-7-11-23/h2-15H,16-21H2,1H3. The van der Waals surface area contributed by atoms with E-state index in [9.17, 15) is 13.2 Å². The van der Waals surface area contributed by atoms with Crippen molar-refractivity contribution in [1.82, 2.24) is 9.21 Å². The molecule has 0 atom stereocenters. The van der Waals surface area contributed by atoms with Crippen LogP contribution in [0.5, 0.6) is 5.75 Å². The summed E-state index contributed by atoms with van der Waals surface area (Å²) in [7, 11) is -2.36. The smallest absolute Gasteiger partial charge is 0.243 e. The lowest BCUT2D eigenvalue weighted by molar-refractivity contribution is -0.131. The summed E-state index contributed by atoms with van der Waals surface area (Å²) in [6, 6.07) is 25.6. The number of amides is 1. The molecular weight excluding hydrogens is 450 g/mol. The Morgan fingerprint density at radius 2 is 1.44 bits per heavy atom. The van der Waals surface area contributed by atoms with Gasteiger partial charge in [0.2, 0.25) is 15.9 Å². The van der Waals surface area contributed by atoms with Gasteiger partial charge >= 0.3 is 0 Å². The first-order chi connectivity index (χ1) is 16.5. The molecule has 34 heavy (non-hydrogen) atoms. The number of nitrogens with zero attached hydrogens (tertiary/aromatic N) is 3. The van der Waals surface area contributed by atoms with E-state index in [1.165, 1.54) is 23.5 Å². The molecule has 1 heterocycles. The number of carbonyl (C=O) groups is 1. The van der Waals surface area contributed by atoms with Gasteiger partial charge in [0.05, 0.1) is 18.6 Å². The van der Waals surface area contributed by atoms with Gasteiger partial charge in [-0.2, -0.15) is 4.31 Å². The van der Waals surface area contributed by atoms with Crippen LogP contribution in [0.2, 0.25) is 0 Å². The molecule has 1 aliphatic heterocycles. The second kappa shape index (κ2) is 10.7. The van der Waals surface area contributed by atoms with Gasteiger partial charge in [-0.1, -0.05) is 48.5 Å². The largest absolute Gasteiger partial charge is 0.497 e. The summed E-state index contributed by atoms with van der Waals surface area (Å²) in [6.07, 6.45) is 0. The molecule has 0 N–H and O–H groups in total. The lowest BCUT2D eigenvalue weighted by Gasteiger charge is -2.37. The van der Waals surface area contributed by atoms with Gasteiger partial charge in [0.1, 0.15) is 5.75 Å². The van der Waals surface area contributed by atoms with Crippen LogP contribution < -0.4 is 9.64 Å². The summed E-state index contributed by atoms with van der Waals surface area (Å²) < 4.78 is 33.4. The van der Waals surface area contributed by atoms with Crippen molar-refractivity contribution >= 4 is 21.6 Å². The molecule has 3 aromatic carbocycles. The minimum absolute atomic E-state index is 0.116. The highest BCUT2D eigenvalue weighted by molar-refractivity contribution is 7.89. The van der Waals surface area contributed by atoms with Gasteiger partial charge in [-0.25, -0.2) is 8.42 Å². The summed E-state index contributed by atoms with van der Waals surface area (Å²) in [5.41, 5.74) is 1.95. The first-order valence-electron chi connectivity index (χ1n) is 11.2. The Morgan fingerprint density at radius 3 is 2.03 bits per heavy atom. The molecule has 0 spiro atoms. The molecule has 178 valence electrons. The Hall–Kier alpha value is -3.36. The van der Waals surface area contributed by atoms with Crippen LogP contribution in [0.3, 0.4) is 0 Å². The van der Waals surface area contributed by atoms with Gasteiger partial charge in [0.25, 0.3) is 0 Å². The van der Waals surface area contributed by atoms with E-state index in [1.54, 1.807) is 17.0 Å². The summed E-state index contributed by atoms with van der Waals surface area (Å²) >= 11 is 0. The highest BCUT2D eigenvalue weighted by atomic mass is 32.2. The fraction of sp³-hybridized carbons (Fsp3) is 0.269. The van der Waals surface area contributed by atoms with Crippen molar-refractivity contribution in [3.05, 3.63) is 90.5 Å². The lowest BCUT2D eigenvalue weighted by Crippen LogP contribution is -2.51. The van der Waals surface area contributed by atoms with Crippen LogP contribution >= 0.6 is 0 Å². The zero-order valence-electron chi connectivity index (χ0n) is 19.2. The van der Waals surface area contributed by atoms with E-state index in [0.29, 0.717) is 31.9 Å². The van der Waals surface area contributed by atoms with Crippen LogP contribution in [0.15, 0.2) is 89.8 Å². The molecule has 4 rings (SSSR count). The molecule has 1 amide bonds. The van der Waals surface area contributed by atoms with Gasteiger partial charge < -0.3 is 14.5 Å². The molecule has 0 bridgehead atoms. The van der Waals surface area contributed by atoms with Gasteiger partial charge in [0.15, 0.2) is 0 Å². The van der Waals surface area contributed by atoms with Crippen LogP contribution in [0.1, 0.15) is 5.56 Å². The molecule has 8 heteroatoms. The Bertz CT molecular complexity index is 1180. The number of hydrogen-bond acceptors (Lipinski definition) is 5. The molecule has 7 nitrogen and oxygen atoms in total. The third-order valence-corrected chi connectivity index (χ3v) is 7.77. The van der Waals surface area contributed by atoms with E-state index in [2.05, 4.69) is 17.0 Å². The maximum atomic E-state index is 13.5. The lowest BCUT2D eigenvalue weighted by atomic mass is 10.2. The highest BCUT2D eigenvalue weighted by Gasteiger charge is 2.30. The van der Waals surface area contributed by atoms with E-state index in [-0.39, 0.29) is 23.9 Å². The van der Waals surface area contributed by atoms with Crippen molar-refractivity contribution in [3.63, 3.8) is 0 Å². The normalized spacial score (nSPS) is 14.3. The SMILES string of the molecule is COc1ccc(S(=O)(=O)N(CC(=O)N2CCN(c3ccccc3)CC2)Cc2ccccc2)cc1. The van der Waals surface area contributed by atoms with Crippen LogP contribution in [-0.4, -0.2) is 63.4 Å². The zero-order chi connectivity index (χ0) is 24.0. The monoisotopic (exact) mass is 479 g/mol. The number of piperazine rings is 1. The fourth-order valence-electron chi connectivity index (χ4n) is 4.01. The number of anilines is 1. The van der Waals surface area contributed by atoms with Crippen LogP contribution in [-0.2, 0) is 21.4 Å². The molecule has 0 unspecified atom stereocenters. The molecule has 1 saturated heterocycles. The zero-order valence-corrected chi connectivity index (χ0v) is 20.0. The highest BCUT2D eigenvalue weighted by Crippen LogP contribution is 2.22. The van der Waals surface area contributed by atoms with E-state index in [0.717, 1.165) is 11.3 Å². The van der Waals surface area contributed by atoms with Crippen LogP contribution in [0.25, 0.3) is 0 Å². The molecular formula is C26H29N3O4S. The van der Waals surface area contributed by atoms with E-state index >= 15 is 0 Å². The average Bonchev–Trinajstić information content (AvgIpc) is 2.89. The molecule has 0 radical (unpaired) electrons. The summed E-state index contributed by atoms with van der Waals surface area (Å²) in [6.45, 7) is 2.42. The Morgan fingerprint density at radius 1 is 0.853 bits per heavy atom. The van der Waals surface area contributed by atoms with Crippen molar-refractivity contribution in [2.24, 2.45) is 0 Å². The van der Waals surface area contributed by atoms with Crippen molar-refractivity contribution in [1.29, 1.82) is 0 Å². The predicted molar refractivity (Wildman–Crippen MR) is 132 cm³/mol. The van der Waals surface area contributed by atoms with Gasteiger partial charge in [-0.15, -0.1) is 0 Å². The topological polar surface area (TPSA) is 70.2 Å². The van der Waals surface area contributed by atoms with E-state index in [1.807, 2.05) is 48.5 Å². The number of rotatable bonds is 8. The molecule has 1 aliphatic rings. The molecule has 1 fully saturated rings. The van der Waals surface area contributed by atoms with Crippen molar-refractivity contribution in [2.45, 2.75) is 11.4 Å². The predicted octanol–water partition coefficient (Wildman–Crippen LogP) is 3.23.